The highest BCUT2D eigenvalue weighted by Gasteiger charge is 2.13. The molecule has 18 heavy (non-hydrogen) atoms. The van der Waals surface area contributed by atoms with Crippen LogP contribution in [0.3, 0.4) is 0 Å². The molecule has 0 aromatic heterocycles. The minimum absolute atomic E-state index is 0.107. The minimum atomic E-state index is -0.107. The van der Waals surface area contributed by atoms with Crippen LogP contribution >= 0.6 is 45.2 Å². The zero-order valence-corrected chi connectivity index (χ0v) is 16.2. The summed E-state index contributed by atoms with van der Waals surface area (Å²) >= 11 is 4.67. The van der Waals surface area contributed by atoms with Crippen molar-refractivity contribution in [3.63, 3.8) is 0 Å². The summed E-state index contributed by atoms with van der Waals surface area (Å²) in [5, 5.41) is 9.65. The molecule has 0 bridgehead atoms. The van der Waals surface area contributed by atoms with Gasteiger partial charge in [-0.3, -0.25) is 0 Å². The zero-order chi connectivity index (χ0) is 13.6. The maximum absolute atomic E-state index is 9.65. The van der Waals surface area contributed by atoms with Gasteiger partial charge in [-0.25, -0.2) is 0 Å². The van der Waals surface area contributed by atoms with E-state index in [1.165, 1.54) is 70.6 Å². The number of hydrogen-bond donors (Lipinski definition) is 1. The SMILES string of the molecule is CCCCCCCCCCCC[C@H](I)[C@H](O)CI. The summed E-state index contributed by atoms with van der Waals surface area (Å²) < 4.78 is 1.32. The second-order valence-electron chi connectivity index (χ2n) is 5.21. The van der Waals surface area contributed by atoms with Crippen LogP contribution in [0.1, 0.15) is 77.6 Å². The van der Waals surface area contributed by atoms with Crippen LogP contribution in [0.2, 0.25) is 0 Å². The third-order valence-electron chi connectivity index (χ3n) is 3.41. The van der Waals surface area contributed by atoms with Crippen LogP contribution in [0, 0.1) is 0 Å². The molecule has 1 N–H and O–H groups in total. The lowest BCUT2D eigenvalue weighted by Gasteiger charge is -2.14. The first kappa shape index (κ1) is 19.4. The van der Waals surface area contributed by atoms with Gasteiger partial charge in [0.2, 0.25) is 0 Å². The fraction of sp³-hybridized carbons (Fsp3) is 1.00. The van der Waals surface area contributed by atoms with Crippen LogP contribution in [0.15, 0.2) is 0 Å². The molecule has 0 aromatic carbocycles. The molecular weight excluding hydrogens is 450 g/mol. The van der Waals surface area contributed by atoms with Crippen molar-refractivity contribution in [2.75, 3.05) is 4.43 Å². The molecule has 0 aliphatic carbocycles. The van der Waals surface area contributed by atoms with Gasteiger partial charge in [-0.1, -0.05) is 116 Å². The van der Waals surface area contributed by atoms with Crippen LogP contribution in [0.5, 0.6) is 0 Å². The lowest BCUT2D eigenvalue weighted by Crippen LogP contribution is -2.21. The summed E-state index contributed by atoms with van der Waals surface area (Å²) in [4.78, 5) is 0. The van der Waals surface area contributed by atoms with E-state index in [1.54, 1.807) is 0 Å². The molecular formula is C15H30I2O. The standard InChI is InChI=1S/C15H30I2O/c1-2-3-4-5-6-7-8-9-10-11-12-14(17)15(18)13-16/h14-15,18H,2-13H2,1H3/t14-,15+/m0/s1. The molecule has 0 rings (SSSR count). The molecule has 110 valence electrons. The molecule has 0 unspecified atom stereocenters. The Morgan fingerprint density at radius 2 is 1.28 bits per heavy atom. The molecule has 0 amide bonds. The van der Waals surface area contributed by atoms with Gasteiger partial charge >= 0.3 is 0 Å². The molecule has 0 aliphatic heterocycles. The quantitative estimate of drug-likeness (QED) is 0.198. The van der Waals surface area contributed by atoms with E-state index in [0.29, 0.717) is 3.92 Å². The summed E-state index contributed by atoms with van der Waals surface area (Å²) in [5.74, 6) is 0. The maximum Gasteiger partial charge on any atom is 0.0747 e. The van der Waals surface area contributed by atoms with Crippen LogP contribution in [-0.2, 0) is 0 Å². The van der Waals surface area contributed by atoms with E-state index in [2.05, 4.69) is 52.1 Å². The summed E-state index contributed by atoms with van der Waals surface area (Å²) in [6.45, 7) is 2.27. The minimum Gasteiger partial charge on any atom is -0.391 e. The van der Waals surface area contributed by atoms with E-state index in [0.717, 1.165) is 4.43 Å². The molecule has 0 heterocycles. The van der Waals surface area contributed by atoms with Gasteiger partial charge < -0.3 is 5.11 Å². The number of aliphatic hydroxyl groups excluding tert-OH is 1. The molecule has 1 nitrogen and oxygen atoms in total. The predicted octanol–water partition coefficient (Wildman–Crippen LogP) is 5.90. The Morgan fingerprint density at radius 3 is 1.72 bits per heavy atom. The van der Waals surface area contributed by atoms with Crippen LogP contribution in [0.4, 0.5) is 0 Å². The molecule has 0 saturated heterocycles. The predicted molar refractivity (Wildman–Crippen MR) is 99.2 cm³/mol. The summed E-state index contributed by atoms with van der Waals surface area (Å²) in [6.07, 6.45) is 15.0. The van der Waals surface area contributed by atoms with Crippen molar-refractivity contribution in [1.82, 2.24) is 0 Å². The Kier molecular flexibility index (Phi) is 16.0. The fourth-order valence-electron chi connectivity index (χ4n) is 2.12. The van der Waals surface area contributed by atoms with E-state index < -0.39 is 0 Å². The first-order chi connectivity index (χ1) is 8.72. The molecule has 2 atom stereocenters. The zero-order valence-electron chi connectivity index (χ0n) is 11.8. The highest BCUT2D eigenvalue weighted by molar-refractivity contribution is 14.1. The van der Waals surface area contributed by atoms with Gasteiger partial charge in [0.1, 0.15) is 0 Å². The van der Waals surface area contributed by atoms with Crippen molar-refractivity contribution in [1.29, 1.82) is 0 Å². The van der Waals surface area contributed by atoms with Gasteiger partial charge in [0.25, 0.3) is 0 Å². The summed E-state index contributed by atoms with van der Waals surface area (Å²) in [6, 6.07) is 0. The van der Waals surface area contributed by atoms with Gasteiger partial charge in [0.05, 0.1) is 6.10 Å². The van der Waals surface area contributed by atoms with E-state index in [1.807, 2.05) is 0 Å². The van der Waals surface area contributed by atoms with E-state index in [-0.39, 0.29) is 6.10 Å². The van der Waals surface area contributed by atoms with Crippen molar-refractivity contribution in [2.24, 2.45) is 0 Å². The van der Waals surface area contributed by atoms with Crippen molar-refractivity contribution in [3.05, 3.63) is 0 Å². The monoisotopic (exact) mass is 480 g/mol. The second kappa shape index (κ2) is 14.8. The smallest absolute Gasteiger partial charge is 0.0747 e. The molecule has 0 fully saturated rings. The van der Waals surface area contributed by atoms with E-state index in [9.17, 15) is 5.11 Å². The largest absolute Gasteiger partial charge is 0.391 e. The van der Waals surface area contributed by atoms with Crippen LogP contribution in [-0.4, -0.2) is 19.6 Å². The Bertz CT molecular complexity index is 165. The lowest BCUT2D eigenvalue weighted by atomic mass is 10.0. The number of unbranched alkanes of at least 4 members (excludes halogenated alkanes) is 9. The van der Waals surface area contributed by atoms with Gasteiger partial charge in [-0.15, -0.1) is 0 Å². The first-order valence-electron chi connectivity index (χ1n) is 7.60. The summed E-state index contributed by atoms with van der Waals surface area (Å²) in [7, 11) is 0. The molecule has 0 spiro atoms. The third kappa shape index (κ3) is 12.5. The lowest BCUT2D eigenvalue weighted by molar-refractivity contribution is 0.199. The van der Waals surface area contributed by atoms with Gasteiger partial charge in [-0.2, -0.15) is 0 Å². The maximum atomic E-state index is 9.65. The molecule has 0 saturated carbocycles. The molecule has 3 heteroatoms. The number of halogens is 2. The summed E-state index contributed by atoms with van der Waals surface area (Å²) in [5.41, 5.74) is 0. The van der Waals surface area contributed by atoms with Crippen LogP contribution in [0.25, 0.3) is 0 Å². The number of hydrogen-bond acceptors (Lipinski definition) is 1. The number of aliphatic hydroxyl groups is 1. The van der Waals surface area contributed by atoms with Crippen molar-refractivity contribution < 1.29 is 5.11 Å². The van der Waals surface area contributed by atoms with Crippen LogP contribution < -0.4 is 0 Å². The van der Waals surface area contributed by atoms with Crippen molar-refractivity contribution in [2.45, 2.75) is 87.6 Å². The molecule has 0 aliphatic rings. The molecule has 0 radical (unpaired) electrons. The first-order valence-corrected chi connectivity index (χ1v) is 10.4. The number of alkyl halides is 2. The number of rotatable bonds is 13. The Labute approximate surface area is 141 Å². The Morgan fingerprint density at radius 1 is 0.833 bits per heavy atom. The van der Waals surface area contributed by atoms with Crippen molar-refractivity contribution >= 4 is 45.2 Å². The molecule has 0 aromatic rings. The second-order valence-corrected chi connectivity index (χ2v) is 7.69. The normalized spacial score (nSPS) is 14.7. The fourth-order valence-corrected chi connectivity index (χ4v) is 4.40. The highest BCUT2D eigenvalue weighted by atomic mass is 127. The topological polar surface area (TPSA) is 20.2 Å². The van der Waals surface area contributed by atoms with Crippen molar-refractivity contribution in [3.8, 4) is 0 Å². The average Bonchev–Trinajstić information content (AvgIpc) is 2.39. The van der Waals surface area contributed by atoms with Gasteiger partial charge in [0.15, 0.2) is 0 Å². The van der Waals surface area contributed by atoms with Gasteiger partial charge in [-0.05, 0) is 6.42 Å². The highest BCUT2D eigenvalue weighted by Crippen LogP contribution is 2.18. The van der Waals surface area contributed by atoms with E-state index >= 15 is 0 Å². The van der Waals surface area contributed by atoms with Gasteiger partial charge in [0, 0.05) is 8.35 Å². The Hall–Kier alpha value is 1.42. The average molecular weight is 480 g/mol. The van der Waals surface area contributed by atoms with E-state index in [4.69, 9.17) is 0 Å². The third-order valence-corrected chi connectivity index (χ3v) is 5.76. The Balaban J connectivity index is 3.11.